The minimum Gasteiger partial charge on any atom is -0.870 e. The predicted octanol–water partition coefficient (Wildman–Crippen LogP) is 0.923. The second-order valence-corrected chi connectivity index (χ2v) is 5.78. The Balaban J connectivity index is 0.00000165. The minimum atomic E-state index is -1.08. The molecule has 8 nitrogen and oxygen atoms in total. The van der Waals surface area contributed by atoms with E-state index in [0.717, 1.165) is 6.92 Å². The van der Waals surface area contributed by atoms with Gasteiger partial charge in [0.15, 0.2) is 0 Å². The van der Waals surface area contributed by atoms with E-state index in [-0.39, 0.29) is 28.6 Å². The Kier molecular flexibility index (Phi) is 14.2. The molecule has 0 fully saturated rings. The first-order valence-electron chi connectivity index (χ1n) is 9.43. The summed E-state index contributed by atoms with van der Waals surface area (Å²) in [6, 6.07) is 10.2. The summed E-state index contributed by atoms with van der Waals surface area (Å²) in [4.78, 5) is 17.3. The molecule has 0 bridgehead atoms. The predicted molar refractivity (Wildman–Crippen MR) is 110 cm³/mol. The van der Waals surface area contributed by atoms with Crippen LogP contribution in [0.3, 0.4) is 0 Å². The van der Waals surface area contributed by atoms with Crippen molar-refractivity contribution >= 4 is 18.4 Å². The topological polar surface area (TPSA) is 129 Å². The average Bonchev–Trinajstić information content (AvgIpc) is 2.69. The summed E-state index contributed by atoms with van der Waals surface area (Å²) < 4.78 is 10.5. The van der Waals surface area contributed by atoms with E-state index in [9.17, 15) is 10.2 Å². The van der Waals surface area contributed by atoms with Crippen molar-refractivity contribution in [3.05, 3.63) is 47.5 Å². The minimum absolute atomic E-state index is 0. The third-order valence-corrected chi connectivity index (χ3v) is 3.44. The van der Waals surface area contributed by atoms with Gasteiger partial charge in [-0.25, -0.2) is 0 Å². The molecule has 0 unspecified atom stereocenters. The zero-order valence-electron chi connectivity index (χ0n) is 17.7. The number of carboxylic acid groups (broad SMARTS) is 1. The zero-order chi connectivity index (χ0) is 22.4. The van der Waals surface area contributed by atoms with Crippen molar-refractivity contribution < 1.29 is 46.7 Å². The number of ether oxygens (including phenoxy) is 2. The summed E-state index contributed by atoms with van der Waals surface area (Å²) in [5.41, 5.74) is 0.956. The van der Waals surface area contributed by atoms with Gasteiger partial charge in [-0.15, -0.1) is 0 Å². The molecule has 166 valence electrons. The van der Waals surface area contributed by atoms with E-state index in [2.05, 4.69) is 9.98 Å². The molecule has 2 rings (SSSR count). The SMILES string of the molecule is CC(=O)[O-].CCOc1cccc(C=NCCN=Cc2cccc(OCC)c2[O-])c1[O-].[Mn+3]. The number of carbonyl (C=O) groups is 1. The summed E-state index contributed by atoms with van der Waals surface area (Å²) in [6.07, 6.45) is 3.05. The summed E-state index contributed by atoms with van der Waals surface area (Å²) >= 11 is 0. The molecule has 2 aromatic rings. The number of benzene rings is 2. The second-order valence-electron chi connectivity index (χ2n) is 5.78. The van der Waals surface area contributed by atoms with E-state index < -0.39 is 5.97 Å². The first-order valence-corrected chi connectivity index (χ1v) is 9.43. The van der Waals surface area contributed by atoms with Crippen LogP contribution < -0.4 is 24.8 Å². The first kappa shape index (κ1) is 28.0. The van der Waals surface area contributed by atoms with Crippen molar-refractivity contribution in [3.63, 3.8) is 0 Å². The fourth-order valence-corrected chi connectivity index (χ4v) is 2.25. The van der Waals surface area contributed by atoms with Crippen LogP contribution in [-0.4, -0.2) is 44.7 Å². The van der Waals surface area contributed by atoms with E-state index in [1.54, 1.807) is 36.4 Å². The Morgan fingerprint density at radius 2 is 1.23 bits per heavy atom. The van der Waals surface area contributed by atoms with Crippen LogP contribution in [-0.2, 0) is 21.9 Å². The maximum atomic E-state index is 12.1. The monoisotopic (exact) mass is 468 g/mol. The first-order chi connectivity index (χ1) is 14.4. The van der Waals surface area contributed by atoms with Gasteiger partial charge in [-0.3, -0.25) is 9.98 Å². The molecule has 0 spiro atoms. The van der Waals surface area contributed by atoms with Crippen molar-refractivity contribution in [2.45, 2.75) is 20.8 Å². The molecule has 2 aromatic carbocycles. The van der Waals surface area contributed by atoms with Crippen LogP contribution in [0, 0.1) is 0 Å². The van der Waals surface area contributed by atoms with E-state index in [1.807, 2.05) is 13.8 Å². The summed E-state index contributed by atoms with van der Waals surface area (Å²) in [7, 11) is 0. The largest absolute Gasteiger partial charge is 3.00 e. The number of aliphatic imine (C=N–C) groups is 2. The van der Waals surface area contributed by atoms with Crippen LogP contribution in [0.25, 0.3) is 0 Å². The fourth-order valence-electron chi connectivity index (χ4n) is 2.25. The maximum Gasteiger partial charge on any atom is 3.00 e. The Morgan fingerprint density at radius 1 is 0.871 bits per heavy atom. The Labute approximate surface area is 192 Å². The molecule has 0 aliphatic heterocycles. The molecule has 0 saturated heterocycles. The van der Waals surface area contributed by atoms with Crippen LogP contribution in [0.15, 0.2) is 46.4 Å². The number of para-hydroxylation sites is 2. The molecule has 0 aliphatic carbocycles. The van der Waals surface area contributed by atoms with Gasteiger partial charge in [0.2, 0.25) is 0 Å². The van der Waals surface area contributed by atoms with Crippen molar-refractivity contribution in [1.29, 1.82) is 0 Å². The molecule has 0 atom stereocenters. The Bertz CT molecular complexity index is 802. The molecule has 0 saturated carbocycles. The van der Waals surface area contributed by atoms with E-state index in [1.165, 1.54) is 12.4 Å². The van der Waals surface area contributed by atoms with Crippen molar-refractivity contribution in [1.82, 2.24) is 0 Å². The van der Waals surface area contributed by atoms with Crippen molar-refractivity contribution in [2.24, 2.45) is 9.98 Å². The number of carbonyl (C=O) groups excluding carboxylic acids is 1. The summed E-state index contributed by atoms with van der Waals surface area (Å²) in [6.45, 7) is 6.33. The number of aliphatic carboxylic acids is 1. The molecule has 0 heterocycles. The standard InChI is InChI=1S/C20H24N2O4.C2H4O2.Mn/c1-3-25-17-9-5-7-15(19(17)23)13-21-11-12-22-14-16-8-6-10-18(20(16)24)26-4-2;1-2(3)4;/h5-10,13-14,23-24H,3-4,11-12H2,1-2H3;1H3,(H,3,4);/q;;+3/p-3. The molecule has 9 heteroatoms. The van der Waals surface area contributed by atoms with E-state index in [0.29, 0.717) is 48.9 Å². The number of hydrogen-bond acceptors (Lipinski definition) is 8. The summed E-state index contributed by atoms with van der Waals surface area (Å²) in [5, 5.41) is 33.1. The molecular formula is C22H25MnN2O6. The number of carboxylic acids is 1. The van der Waals surface area contributed by atoms with Gasteiger partial charge < -0.3 is 29.6 Å². The molecule has 0 amide bonds. The van der Waals surface area contributed by atoms with Gasteiger partial charge in [0.25, 0.3) is 0 Å². The van der Waals surface area contributed by atoms with Gasteiger partial charge in [-0.1, -0.05) is 35.8 Å². The van der Waals surface area contributed by atoms with Gasteiger partial charge in [0.1, 0.15) is 11.5 Å². The van der Waals surface area contributed by atoms with Crippen LogP contribution in [0.1, 0.15) is 31.9 Å². The van der Waals surface area contributed by atoms with E-state index in [4.69, 9.17) is 19.4 Å². The smallest absolute Gasteiger partial charge is 0.870 e. The average molecular weight is 468 g/mol. The van der Waals surface area contributed by atoms with Gasteiger partial charge in [-0.05, 0) is 44.0 Å². The molecular weight excluding hydrogens is 443 g/mol. The van der Waals surface area contributed by atoms with Gasteiger partial charge in [0.05, 0.1) is 26.3 Å². The third-order valence-electron chi connectivity index (χ3n) is 3.44. The summed E-state index contributed by atoms with van der Waals surface area (Å²) in [5.74, 6) is -0.783. The quantitative estimate of drug-likeness (QED) is 0.306. The number of hydrogen-bond donors (Lipinski definition) is 0. The maximum absolute atomic E-state index is 12.1. The Morgan fingerprint density at radius 3 is 1.55 bits per heavy atom. The van der Waals surface area contributed by atoms with Gasteiger partial charge in [-0.2, -0.15) is 0 Å². The molecule has 0 radical (unpaired) electrons. The second kappa shape index (κ2) is 15.8. The van der Waals surface area contributed by atoms with E-state index >= 15 is 0 Å². The zero-order valence-corrected chi connectivity index (χ0v) is 18.8. The fraction of sp³-hybridized carbons (Fsp3) is 0.318. The third kappa shape index (κ3) is 10.5. The number of rotatable bonds is 9. The molecule has 0 aromatic heterocycles. The van der Waals surface area contributed by atoms with Crippen LogP contribution in [0.2, 0.25) is 0 Å². The van der Waals surface area contributed by atoms with Crippen LogP contribution in [0.5, 0.6) is 23.0 Å². The van der Waals surface area contributed by atoms with Gasteiger partial charge >= 0.3 is 17.1 Å². The van der Waals surface area contributed by atoms with Crippen molar-refractivity contribution in [2.75, 3.05) is 26.3 Å². The Hall–Kier alpha value is -3.03. The normalized spacial score (nSPS) is 10.3. The van der Waals surface area contributed by atoms with Crippen LogP contribution >= 0.6 is 0 Å². The molecule has 0 N–H and O–H groups in total. The molecule has 31 heavy (non-hydrogen) atoms. The van der Waals surface area contributed by atoms with Crippen molar-refractivity contribution in [3.8, 4) is 23.0 Å². The molecule has 0 aliphatic rings. The van der Waals surface area contributed by atoms with Gasteiger partial charge in [0, 0.05) is 18.4 Å². The van der Waals surface area contributed by atoms with Crippen LogP contribution in [0.4, 0.5) is 0 Å². The number of nitrogens with zero attached hydrogens (tertiary/aromatic N) is 2.